The molecule has 1 fully saturated rings. The normalized spacial score (nSPS) is 28.8. The van der Waals surface area contributed by atoms with Crippen LogP contribution >= 0.6 is 0 Å². The molecule has 18 heavy (non-hydrogen) atoms. The summed E-state index contributed by atoms with van der Waals surface area (Å²) in [7, 11) is 1.69. The molecule has 0 unspecified atom stereocenters. The first-order valence-electron chi connectivity index (χ1n) is 7.01. The highest BCUT2D eigenvalue weighted by Crippen LogP contribution is 2.40. The van der Waals surface area contributed by atoms with Crippen molar-refractivity contribution in [2.24, 2.45) is 17.8 Å². The van der Waals surface area contributed by atoms with Crippen LogP contribution in [0.4, 0.5) is 0 Å². The summed E-state index contributed by atoms with van der Waals surface area (Å²) in [5, 5.41) is 8.50. The summed E-state index contributed by atoms with van der Waals surface area (Å²) in [6.07, 6.45) is 5.93. The lowest BCUT2D eigenvalue weighted by atomic mass is 9.74. The van der Waals surface area contributed by atoms with Crippen molar-refractivity contribution >= 4 is 0 Å². The van der Waals surface area contributed by atoms with Crippen LogP contribution in [0.15, 0.2) is 6.20 Å². The zero-order chi connectivity index (χ0) is 13.1. The van der Waals surface area contributed by atoms with Crippen molar-refractivity contribution in [2.75, 3.05) is 7.11 Å². The summed E-state index contributed by atoms with van der Waals surface area (Å²) in [5.41, 5.74) is 0.929. The van der Waals surface area contributed by atoms with E-state index in [2.05, 4.69) is 42.0 Å². The van der Waals surface area contributed by atoms with E-state index in [9.17, 15) is 0 Å². The van der Waals surface area contributed by atoms with E-state index >= 15 is 0 Å². The monoisotopic (exact) mass is 251 g/mol. The molecule has 1 aromatic heterocycles. The van der Waals surface area contributed by atoms with Gasteiger partial charge >= 0.3 is 0 Å². The fraction of sp³-hybridized carbons (Fsp3) is 0.857. The molecule has 0 aromatic carbocycles. The smallest absolute Gasteiger partial charge is 0.108 e. The van der Waals surface area contributed by atoms with Crippen LogP contribution in [0.5, 0.6) is 0 Å². The number of ether oxygens (including phenoxy) is 1. The Morgan fingerprint density at radius 2 is 2.22 bits per heavy atom. The van der Waals surface area contributed by atoms with E-state index in [1.165, 1.54) is 19.3 Å². The highest BCUT2D eigenvalue weighted by atomic mass is 16.5. The predicted octanol–water partition coefficient (Wildman–Crippen LogP) is 3.06. The predicted molar refractivity (Wildman–Crippen MR) is 71.1 cm³/mol. The summed E-state index contributed by atoms with van der Waals surface area (Å²) < 4.78 is 7.19. The molecule has 0 spiro atoms. The van der Waals surface area contributed by atoms with Crippen LogP contribution in [0.3, 0.4) is 0 Å². The molecule has 2 rings (SSSR count). The molecule has 4 heteroatoms. The molecule has 1 heterocycles. The van der Waals surface area contributed by atoms with Gasteiger partial charge in [0.15, 0.2) is 0 Å². The van der Waals surface area contributed by atoms with Crippen LogP contribution in [0.25, 0.3) is 0 Å². The van der Waals surface area contributed by atoms with Crippen LogP contribution in [0.1, 0.15) is 51.8 Å². The van der Waals surface area contributed by atoms with Gasteiger partial charge in [0, 0.05) is 7.11 Å². The topological polar surface area (TPSA) is 39.9 Å². The fourth-order valence-corrected chi connectivity index (χ4v) is 3.15. The quantitative estimate of drug-likeness (QED) is 0.825. The van der Waals surface area contributed by atoms with E-state index in [4.69, 9.17) is 4.74 Å². The van der Waals surface area contributed by atoms with E-state index in [0.29, 0.717) is 18.6 Å². The van der Waals surface area contributed by atoms with E-state index in [0.717, 1.165) is 17.5 Å². The van der Waals surface area contributed by atoms with Gasteiger partial charge in [0.1, 0.15) is 5.69 Å². The molecule has 1 aliphatic rings. The maximum atomic E-state index is 5.11. The van der Waals surface area contributed by atoms with E-state index in [-0.39, 0.29) is 0 Å². The van der Waals surface area contributed by atoms with Gasteiger partial charge in [0.25, 0.3) is 0 Å². The highest BCUT2D eigenvalue weighted by Gasteiger charge is 2.32. The van der Waals surface area contributed by atoms with Gasteiger partial charge < -0.3 is 4.74 Å². The van der Waals surface area contributed by atoms with Crippen LogP contribution in [-0.2, 0) is 11.3 Å². The first-order chi connectivity index (χ1) is 8.61. The Bertz CT molecular complexity index is 375. The molecule has 1 saturated carbocycles. The Hall–Kier alpha value is -0.900. The largest absolute Gasteiger partial charge is 0.378 e. The van der Waals surface area contributed by atoms with Gasteiger partial charge in [-0.2, -0.15) is 0 Å². The zero-order valence-corrected chi connectivity index (χ0v) is 12.0. The van der Waals surface area contributed by atoms with E-state index in [1.807, 2.05) is 0 Å². The van der Waals surface area contributed by atoms with E-state index in [1.54, 1.807) is 7.11 Å². The molecule has 102 valence electrons. The third-order valence-electron chi connectivity index (χ3n) is 4.18. The van der Waals surface area contributed by atoms with Crippen LogP contribution < -0.4 is 0 Å². The molecule has 0 amide bonds. The third kappa shape index (κ3) is 2.91. The van der Waals surface area contributed by atoms with Gasteiger partial charge in [0.05, 0.1) is 18.8 Å². The molecule has 0 saturated heterocycles. The fourth-order valence-electron chi connectivity index (χ4n) is 3.15. The number of nitrogens with zero attached hydrogens (tertiary/aromatic N) is 3. The minimum absolute atomic E-state index is 0.506. The molecule has 4 nitrogen and oxygen atoms in total. The lowest BCUT2D eigenvalue weighted by Gasteiger charge is -2.37. The van der Waals surface area contributed by atoms with Crippen LogP contribution in [-0.4, -0.2) is 22.1 Å². The Labute approximate surface area is 110 Å². The second-order valence-electron chi connectivity index (χ2n) is 6.02. The molecular weight excluding hydrogens is 226 g/mol. The molecule has 0 aliphatic heterocycles. The molecule has 1 aliphatic carbocycles. The second-order valence-corrected chi connectivity index (χ2v) is 6.02. The van der Waals surface area contributed by atoms with Gasteiger partial charge in [-0.1, -0.05) is 32.4 Å². The summed E-state index contributed by atoms with van der Waals surface area (Å²) >= 11 is 0. The third-order valence-corrected chi connectivity index (χ3v) is 4.18. The Morgan fingerprint density at radius 1 is 1.44 bits per heavy atom. The van der Waals surface area contributed by atoms with Crippen molar-refractivity contribution in [3.8, 4) is 0 Å². The highest BCUT2D eigenvalue weighted by molar-refractivity contribution is 4.94. The van der Waals surface area contributed by atoms with Gasteiger partial charge in [-0.3, -0.25) is 0 Å². The van der Waals surface area contributed by atoms with Gasteiger partial charge in [0.2, 0.25) is 0 Å². The van der Waals surface area contributed by atoms with Gasteiger partial charge in [-0.15, -0.1) is 5.10 Å². The van der Waals surface area contributed by atoms with Crippen molar-refractivity contribution in [1.82, 2.24) is 15.0 Å². The Morgan fingerprint density at radius 3 is 2.89 bits per heavy atom. The maximum Gasteiger partial charge on any atom is 0.108 e. The van der Waals surface area contributed by atoms with Crippen LogP contribution in [0.2, 0.25) is 0 Å². The van der Waals surface area contributed by atoms with Crippen molar-refractivity contribution in [3.63, 3.8) is 0 Å². The average Bonchev–Trinajstić information content (AvgIpc) is 2.77. The summed E-state index contributed by atoms with van der Waals surface area (Å²) in [6.45, 7) is 7.53. The standard InChI is InChI=1S/C14H25N3O/c1-10(2)13-6-5-11(3)7-14(13)17-8-12(9-18-4)15-16-17/h8,10-11,13-14H,5-7,9H2,1-4H3/t11-,13+,14-/m1/s1. The Kier molecular flexibility index (Phi) is 4.38. The summed E-state index contributed by atoms with van der Waals surface area (Å²) in [5.74, 6) is 2.22. The maximum absolute atomic E-state index is 5.11. The van der Waals surface area contributed by atoms with Crippen molar-refractivity contribution in [1.29, 1.82) is 0 Å². The van der Waals surface area contributed by atoms with Crippen molar-refractivity contribution in [3.05, 3.63) is 11.9 Å². The summed E-state index contributed by atoms with van der Waals surface area (Å²) in [6, 6.07) is 0.506. The first-order valence-corrected chi connectivity index (χ1v) is 7.01. The number of methoxy groups -OCH3 is 1. The minimum atomic E-state index is 0.506. The van der Waals surface area contributed by atoms with Crippen molar-refractivity contribution in [2.45, 2.75) is 52.7 Å². The molecular formula is C14H25N3O. The molecule has 0 bridgehead atoms. The molecule has 3 atom stereocenters. The summed E-state index contributed by atoms with van der Waals surface area (Å²) in [4.78, 5) is 0. The second kappa shape index (κ2) is 5.83. The Balaban J connectivity index is 2.15. The minimum Gasteiger partial charge on any atom is -0.378 e. The SMILES string of the molecule is COCc1cn([C@@H]2C[C@H](C)CC[C@H]2C(C)C)nn1. The van der Waals surface area contributed by atoms with E-state index < -0.39 is 0 Å². The lowest BCUT2D eigenvalue weighted by molar-refractivity contribution is 0.137. The number of rotatable bonds is 4. The van der Waals surface area contributed by atoms with Crippen LogP contribution in [0, 0.1) is 17.8 Å². The van der Waals surface area contributed by atoms with Crippen molar-refractivity contribution < 1.29 is 4.74 Å². The number of aromatic nitrogens is 3. The molecule has 1 aromatic rings. The lowest BCUT2D eigenvalue weighted by Crippen LogP contribution is -2.30. The van der Waals surface area contributed by atoms with Gasteiger partial charge in [-0.25, -0.2) is 4.68 Å². The molecule has 0 radical (unpaired) electrons. The zero-order valence-electron chi connectivity index (χ0n) is 12.0. The number of hydrogen-bond donors (Lipinski definition) is 0. The van der Waals surface area contributed by atoms with Gasteiger partial charge in [-0.05, 0) is 30.6 Å². The first kappa shape index (κ1) is 13.5. The number of hydrogen-bond acceptors (Lipinski definition) is 3. The molecule has 0 N–H and O–H groups in total. The average molecular weight is 251 g/mol.